The number of carbonyl (C=O) groups excluding carboxylic acids is 1. The van der Waals surface area contributed by atoms with Crippen LogP contribution in [0.2, 0.25) is 0 Å². The van der Waals surface area contributed by atoms with Crippen molar-refractivity contribution < 1.29 is 14.3 Å². The highest BCUT2D eigenvalue weighted by atomic mass is 16.5. The summed E-state index contributed by atoms with van der Waals surface area (Å²) in [5.74, 6) is -0.342. The molecule has 1 fully saturated rings. The first kappa shape index (κ1) is 12.0. The molecule has 1 aromatic rings. The fourth-order valence-corrected chi connectivity index (χ4v) is 1.74. The summed E-state index contributed by atoms with van der Waals surface area (Å²) in [6.45, 7) is 4.43. The van der Waals surface area contributed by atoms with Crippen LogP contribution in [0.15, 0.2) is 18.5 Å². The zero-order valence-electron chi connectivity index (χ0n) is 9.81. The minimum Gasteiger partial charge on any atom is -0.462 e. The Kier molecular flexibility index (Phi) is 4.06. The molecule has 5 heteroatoms. The average Bonchev–Trinajstić information content (AvgIpc) is 2.40. The minimum absolute atomic E-state index is 0.0365. The van der Waals surface area contributed by atoms with Crippen molar-refractivity contribution in [3.05, 3.63) is 29.6 Å². The predicted octanol–water partition coefficient (Wildman–Crippen LogP) is 0.919. The molecule has 1 unspecified atom stereocenters. The molecule has 1 aliphatic heterocycles. The predicted molar refractivity (Wildman–Crippen MR) is 61.8 cm³/mol. The Morgan fingerprint density at radius 2 is 2.53 bits per heavy atom. The zero-order valence-corrected chi connectivity index (χ0v) is 9.81. The Balaban J connectivity index is 2.12. The average molecular weight is 236 g/mol. The van der Waals surface area contributed by atoms with Crippen molar-refractivity contribution in [2.45, 2.75) is 13.0 Å². The molecule has 1 aromatic heterocycles. The first-order valence-electron chi connectivity index (χ1n) is 5.75. The molecule has 0 aliphatic carbocycles. The van der Waals surface area contributed by atoms with Gasteiger partial charge in [-0.15, -0.1) is 0 Å². The molecule has 0 amide bonds. The largest absolute Gasteiger partial charge is 0.462 e. The Bertz CT molecular complexity index is 389. The molecule has 2 heterocycles. The molecular formula is C12H16N2O3. The summed E-state index contributed by atoms with van der Waals surface area (Å²) in [7, 11) is 0. The standard InChI is InChI=1S/C12H16N2O3/c1-2-16-12(15)10-5-9(6-14-7-10)11-8-13-3-4-17-11/h5-7,11,13H,2-4,8H2,1H3. The van der Waals surface area contributed by atoms with E-state index < -0.39 is 0 Å². The topological polar surface area (TPSA) is 60.5 Å². The number of hydrogen-bond donors (Lipinski definition) is 1. The molecule has 2 rings (SSSR count). The summed E-state index contributed by atoms with van der Waals surface area (Å²) < 4.78 is 10.5. The quantitative estimate of drug-likeness (QED) is 0.791. The van der Waals surface area contributed by atoms with Crippen molar-refractivity contribution in [1.82, 2.24) is 10.3 Å². The third-order valence-corrected chi connectivity index (χ3v) is 2.57. The fourth-order valence-electron chi connectivity index (χ4n) is 1.74. The summed E-state index contributed by atoms with van der Waals surface area (Å²) in [5, 5.41) is 3.24. The second-order valence-corrected chi connectivity index (χ2v) is 3.79. The number of nitrogens with zero attached hydrogens (tertiary/aromatic N) is 1. The highest BCUT2D eigenvalue weighted by Crippen LogP contribution is 2.18. The Morgan fingerprint density at radius 1 is 1.65 bits per heavy atom. The maximum atomic E-state index is 11.6. The van der Waals surface area contributed by atoms with Gasteiger partial charge in [0.1, 0.15) is 0 Å². The number of pyridine rings is 1. The third-order valence-electron chi connectivity index (χ3n) is 2.57. The summed E-state index contributed by atoms with van der Waals surface area (Å²) in [6.07, 6.45) is 3.20. The van der Waals surface area contributed by atoms with Gasteiger partial charge in [-0.25, -0.2) is 4.79 Å². The second kappa shape index (κ2) is 5.75. The molecular weight excluding hydrogens is 220 g/mol. The minimum atomic E-state index is -0.342. The van der Waals surface area contributed by atoms with E-state index in [1.54, 1.807) is 19.2 Å². The van der Waals surface area contributed by atoms with Crippen LogP contribution in [-0.4, -0.2) is 37.3 Å². The van der Waals surface area contributed by atoms with Gasteiger partial charge in [0.15, 0.2) is 0 Å². The van der Waals surface area contributed by atoms with Crippen LogP contribution in [0, 0.1) is 0 Å². The van der Waals surface area contributed by atoms with Gasteiger partial charge in [-0.1, -0.05) is 0 Å². The number of hydrogen-bond acceptors (Lipinski definition) is 5. The van der Waals surface area contributed by atoms with Crippen LogP contribution in [0.5, 0.6) is 0 Å². The molecule has 1 N–H and O–H groups in total. The van der Waals surface area contributed by atoms with E-state index in [-0.39, 0.29) is 12.1 Å². The maximum Gasteiger partial charge on any atom is 0.339 e. The lowest BCUT2D eigenvalue weighted by atomic mass is 10.1. The number of aromatic nitrogens is 1. The van der Waals surface area contributed by atoms with Crippen molar-refractivity contribution >= 4 is 5.97 Å². The number of esters is 1. The van der Waals surface area contributed by atoms with E-state index in [0.29, 0.717) is 18.8 Å². The first-order chi connectivity index (χ1) is 8.31. The van der Waals surface area contributed by atoms with Gasteiger partial charge in [-0.05, 0) is 13.0 Å². The van der Waals surface area contributed by atoms with E-state index in [0.717, 1.165) is 18.7 Å². The van der Waals surface area contributed by atoms with Gasteiger partial charge in [-0.3, -0.25) is 4.98 Å². The van der Waals surface area contributed by atoms with E-state index in [2.05, 4.69) is 10.3 Å². The summed E-state index contributed by atoms with van der Waals surface area (Å²) in [6, 6.07) is 1.78. The fraction of sp³-hybridized carbons (Fsp3) is 0.500. The summed E-state index contributed by atoms with van der Waals surface area (Å²) >= 11 is 0. The third kappa shape index (κ3) is 3.01. The molecule has 92 valence electrons. The van der Waals surface area contributed by atoms with Crippen LogP contribution in [0.1, 0.15) is 28.9 Å². The molecule has 17 heavy (non-hydrogen) atoms. The van der Waals surface area contributed by atoms with Crippen molar-refractivity contribution in [3.63, 3.8) is 0 Å². The maximum absolute atomic E-state index is 11.6. The van der Waals surface area contributed by atoms with Crippen LogP contribution in [0.4, 0.5) is 0 Å². The molecule has 0 aromatic carbocycles. The number of ether oxygens (including phenoxy) is 2. The molecule has 0 bridgehead atoms. The van der Waals surface area contributed by atoms with Crippen molar-refractivity contribution in [2.75, 3.05) is 26.3 Å². The lowest BCUT2D eigenvalue weighted by molar-refractivity contribution is 0.0273. The molecule has 1 saturated heterocycles. The number of carbonyl (C=O) groups is 1. The smallest absolute Gasteiger partial charge is 0.339 e. The Hall–Kier alpha value is -1.46. The van der Waals surface area contributed by atoms with Crippen LogP contribution in [0.25, 0.3) is 0 Å². The van der Waals surface area contributed by atoms with E-state index in [1.165, 1.54) is 6.20 Å². The molecule has 1 aliphatic rings. The molecule has 1 atom stereocenters. The van der Waals surface area contributed by atoms with E-state index in [9.17, 15) is 4.79 Å². The summed E-state index contributed by atoms with van der Waals surface area (Å²) in [4.78, 5) is 15.6. The van der Waals surface area contributed by atoms with Gasteiger partial charge in [-0.2, -0.15) is 0 Å². The van der Waals surface area contributed by atoms with E-state index in [1.807, 2.05) is 0 Å². The monoisotopic (exact) mass is 236 g/mol. The Morgan fingerprint density at radius 3 is 3.24 bits per heavy atom. The molecule has 0 saturated carbocycles. The normalized spacial score (nSPS) is 19.9. The number of rotatable bonds is 3. The van der Waals surface area contributed by atoms with Gasteiger partial charge < -0.3 is 14.8 Å². The van der Waals surface area contributed by atoms with Crippen molar-refractivity contribution in [2.24, 2.45) is 0 Å². The highest BCUT2D eigenvalue weighted by Gasteiger charge is 2.17. The first-order valence-corrected chi connectivity index (χ1v) is 5.75. The van der Waals surface area contributed by atoms with Crippen LogP contribution < -0.4 is 5.32 Å². The van der Waals surface area contributed by atoms with Crippen molar-refractivity contribution in [1.29, 1.82) is 0 Å². The lowest BCUT2D eigenvalue weighted by Crippen LogP contribution is -2.33. The van der Waals surface area contributed by atoms with E-state index >= 15 is 0 Å². The van der Waals surface area contributed by atoms with Crippen molar-refractivity contribution in [3.8, 4) is 0 Å². The molecule has 5 nitrogen and oxygen atoms in total. The molecule has 0 spiro atoms. The summed E-state index contributed by atoms with van der Waals surface area (Å²) in [5.41, 5.74) is 1.38. The van der Waals surface area contributed by atoms with E-state index in [4.69, 9.17) is 9.47 Å². The molecule has 0 radical (unpaired) electrons. The number of nitrogens with one attached hydrogen (secondary N) is 1. The SMILES string of the molecule is CCOC(=O)c1cncc(C2CNCCO2)c1. The Labute approximate surface area is 100 Å². The van der Waals surface area contributed by atoms with Crippen LogP contribution in [0.3, 0.4) is 0 Å². The highest BCUT2D eigenvalue weighted by molar-refractivity contribution is 5.89. The van der Waals surface area contributed by atoms with Gasteiger partial charge in [0.05, 0.1) is 24.9 Å². The lowest BCUT2D eigenvalue weighted by Gasteiger charge is -2.23. The zero-order chi connectivity index (χ0) is 12.1. The number of morpholine rings is 1. The van der Waals surface area contributed by atoms with Crippen LogP contribution >= 0.6 is 0 Å². The second-order valence-electron chi connectivity index (χ2n) is 3.79. The van der Waals surface area contributed by atoms with Gasteiger partial charge >= 0.3 is 5.97 Å². The van der Waals surface area contributed by atoms with Gasteiger partial charge in [0.25, 0.3) is 0 Å². The van der Waals surface area contributed by atoms with Gasteiger partial charge in [0.2, 0.25) is 0 Å². The van der Waals surface area contributed by atoms with Crippen LogP contribution in [-0.2, 0) is 9.47 Å². The van der Waals surface area contributed by atoms with Gasteiger partial charge in [0, 0.05) is 31.0 Å².